The van der Waals surface area contributed by atoms with E-state index in [1.165, 1.54) is 18.2 Å². The van der Waals surface area contributed by atoms with Crippen LogP contribution in [0.5, 0.6) is 11.5 Å². The number of halogens is 1. The number of carbonyl (C=O) groups excluding carboxylic acids is 2. The van der Waals surface area contributed by atoms with Crippen LogP contribution in [-0.2, 0) is 4.79 Å². The molecular weight excluding hydrogens is 399 g/mol. The summed E-state index contributed by atoms with van der Waals surface area (Å²) in [6.07, 6.45) is 0. The van der Waals surface area contributed by atoms with Crippen LogP contribution >= 0.6 is 0 Å². The Hall–Kier alpha value is -3.87. The first-order chi connectivity index (χ1) is 15.0. The number of nitrogens with zero attached hydrogens (tertiary/aromatic N) is 1. The highest BCUT2D eigenvalue weighted by molar-refractivity contribution is 6.05. The average Bonchev–Trinajstić information content (AvgIpc) is 2.75. The fourth-order valence-electron chi connectivity index (χ4n) is 3.32. The lowest BCUT2D eigenvalue weighted by atomic mass is 10.1. The number of fused-ring (bicyclic) bond motifs is 1. The molecule has 0 saturated heterocycles. The summed E-state index contributed by atoms with van der Waals surface area (Å²) in [6, 6.07) is 18.1. The standard InChI is InChI=1S/C24H21FN2O4/c1-16-4-2-7-20(12-16)30-11-10-27-21-14-19(8-9-22(21)31-15-23(27)28)26-24(29)17-5-3-6-18(25)13-17/h2-9,12-14H,10-11,15H2,1H3,(H,26,29). The highest BCUT2D eigenvalue weighted by atomic mass is 19.1. The molecule has 1 heterocycles. The van der Waals surface area contributed by atoms with Gasteiger partial charge in [-0.05, 0) is 61.0 Å². The lowest BCUT2D eigenvalue weighted by Crippen LogP contribution is -2.41. The van der Waals surface area contributed by atoms with Gasteiger partial charge in [-0.2, -0.15) is 0 Å². The van der Waals surface area contributed by atoms with Crippen LogP contribution in [0.2, 0.25) is 0 Å². The molecular formula is C24H21FN2O4. The number of carbonyl (C=O) groups is 2. The Kier molecular flexibility index (Phi) is 5.84. The third-order valence-corrected chi connectivity index (χ3v) is 4.82. The molecule has 0 spiro atoms. The van der Waals surface area contributed by atoms with E-state index in [-0.39, 0.29) is 18.1 Å². The predicted octanol–water partition coefficient (Wildman–Crippen LogP) is 4.19. The zero-order valence-electron chi connectivity index (χ0n) is 16.9. The Morgan fingerprint density at radius 2 is 1.97 bits per heavy atom. The largest absolute Gasteiger partial charge is 0.492 e. The van der Waals surface area contributed by atoms with Crippen LogP contribution in [0.15, 0.2) is 66.7 Å². The number of amides is 2. The van der Waals surface area contributed by atoms with Crippen molar-refractivity contribution < 1.29 is 23.5 Å². The Labute approximate surface area is 179 Å². The van der Waals surface area contributed by atoms with Gasteiger partial charge in [0.1, 0.15) is 23.9 Å². The van der Waals surface area contributed by atoms with E-state index in [0.29, 0.717) is 30.3 Å². The second-order valence-corrected chi connectivity index (χ2v) is 7.15. The summed E-state index contributed by atoms with van der Waals surface area (Å²) in [4.78, 5) is 26.5. The molecule has 1 aliphatic heterocycles. The molecule has 0 unspecified atom stereocenters. The summed E-state index contributed by atoms with van der Waals surface area (Å²) in [6.45, 7) is 2.54. The van der Waals surface area contributed by atoms with Crippen LogP contribution in [0.4, 0.5) is 15.8 Å². The third kappa shape index (κ3) is 4.83. The summed E-state index contributed by atoms with van der Waals surface area (Å²) >= 11 is 0. The van der Waals surface area contributed by atoms with Crippen LogP contribution in [0.1, 0.15) is 15.9 Å². The van der Waals surface area contributed by atoms with Crippen LogP contribution < -0.4 is 19.7 Å². The molecule has 1 N–H and O–H groups in total. The van der Waals surface area contributed by atoms with Gasteiger partial charge in [0, 0.05) is 11.3 Å². The van der Waals surface area contributed by atoms with Crippen LogP contribution in [0.3, 0.4) is 0 Å². The first kappa shape index (κ1) is 20.4. The highest BCUT2D eigenvalue weighted by Crippen LogP contribution is 2.34. The van der Waals surface area contributed by atoms with Crippen LogP contribution in [0, 0.1) is 12.7 Å². The quantitative estimate of drug-likeness (QED) is 0.649. The molecule has 3 aromatic carbocycles. The number of ether oxygens (including phenoxy) is 2. The highest BCUT2D eigenvalue weighted by Gasteiger charge is 2.26. The Bertz CT molecular complexity index is 1130. The number of aryl methyl sites for hydroxylation is 1. The fourth-order valence-corrected chi connectivity index (χ4v) is 3.32. The maximum atomic E-state index is 13.4. The van der Waals surface area contributed by atoms with Crippen molar-refractivity contribution in [1.82, 2.24) is 0 Å². The van der Waals surface area contributed by atoms with Crippen molar-refractivity contribution in [1.29, 1.82) is 0 Å². The number of benzene rings is 3. The van der Waals surface area contributed by atoms with Crippen molar-refractivity contribution in [2.45, 2.75) is 6.92 Å². The minimum atomic E-state index is -0.489. The van der Waals surface area contributed by atoms with Gasteiger partial charge in [-0.25, -0.2) is 4.39 Å². The molecule has 0 bridgehead atoms. The fraction of sp³-hybridized carbons (Fsp3) is 0.167. The van der Waals surface area contributed by atoms with Crippen molar-refractivity contribution in [2.75, 3.05) is 30.0 Å². The van der Waals surface area contributed by atoms with Gasteiger partial charge < -0.3 is 19.7 Å². The predicted molar refractivity (Wildman–Crippen MR) is 115 cm³/mol. The van der Waals surface area contributed by atoms with Gasteiger partial charge in [0.15, 0.2) is 6.61 Å². The van der Waals surface area contributed by atoms with Gasteiger partial charge in [0.25, 0.3) is 11.8 Å². The summed E-state index contributed by atoms with van der Waals surface area (Å²) in [7, 11) is 0. The van der Waals surface area contributed by atoms with Crippen molar-refractivity contribution in [3.63, 3.8) is 0 Å². The summed E-state index contributed by atoms with van der Waals surface area (Å²) in [5.41, 5.74) is 2.30. The van der Waals surface area contributed by atoms with Crippen molar-refractivity contribution in [3.05, 3.63) is 83.7 Å². The molecule has 0 saturated carbocycles. The van der Waals surface area contributed by atoms with E-state index in [9.17, 15) is 14.0 Å². The Morgan fingerprint density at radius 3 is 2.77 bits per heavy atom. The maximum absolute atomic E-state index is 13.4. The van der Waals surface area contributed by atoms with Crippen LogP contribution in [0.25, 0.3) is 0 Å². The number of rotatable bonds is 6. The summed E-state index contributed by atoms with van der Waals surface area (Å²) in [5, 5.41) is 2.73. The van der Waals surface area contributed by atoms with E-state index in [1.54, 1.807) is 23.1 Å². The van der Waals surface area contributed by atoms with Gasteiger partial charge in [0.05, 0.1) is 12.2 Å². The van der Waals surface area contributed by atoms with Gasteiger partial charge >= 0.3 is 0 Å². The molecule has 0 aliphatic carbocycles. The average molecular weight is 420 g/mol. The topological polar surface area (TPSA) is 67.9 Å². The zero-order valence-corrected chi connectivity index (χ0v) is 16.9. The molecule has 158 valence electrons. The molecule has 4 rings (SSSR count). The van der Waals surface area contributed by atoms with E-state index >= 15 is 0 Å². The monoisotopic (exact) mass is 420 g/mol. The second kappa shape index (κ2) is 8.87. The number of hydrogen-bond acceptors (Lipinski definition) is 4. The zero-order chi connectivity index (χ0) is 21.8. The molecule has 3 aromatic rings. The minimum absolute atomic E-state index is 0.0631. The van der Waals surface area contributed by atoms with Crippen molar-refractivity contribution in [2.24, 2.45) is 0 Å². The molecule has 0 radical (unpaired) electrons. The van der Waals surface area contributed by atoms with E-state index in [1.807, 2.05) is 31.2 Å². The smallest absolute Gasteiger partial charge is 0.265 e. The van der Waals surface area contributed by atoms with E-state index in [0.717, 1.165) is 17.4 Å². The molecule has 0 atom stereocenters. The molecule has 31 heavy (non-hydrogen) atoms. The van der Waals surface area contributed by atoms with Crippen molar-refractivity contribution >= 4 is 23.2 Å². The van der Waals surface area contributed by atoms with Crippen LogP contribution in [-0.4, -0.2) is 31.6 Å². The summed E-state index contributed by atoms with van der Waals surface area (Å²) < 4.78 is 24.7. The Morgan fingerprint density at radius 1 is 1.13 bits per heavy atom. The van der Waals surface area contributed by atoms with E-state index in [4.69, 9.17) is 9.47 Å². The lowest BCUT2D eigenvalue weighted by Gasteiger charge is -2.29. The molecule has 0 aromatic heterocycles. The van der Waals surface area contributed by atoms with Gasteiger partial charge in [0.2, 0.25) is 0 Å². The molecule has 6 nitrogen and oxygen atoms in total. The SMILES string of the molecule is Cc1cccc(OCCN2C(=O)COc3ccc(NC(=O)c4cccc(F)c4)cc32)c1. The Balaban J connectivity index is 1.48. The van der Waals surface area contributed by atoms with E-state index < -0.39 is 11.7 Å². The lowest BCUT2D eigenvalue weighted by molar-refractivity contribution is -0.121. The van der Waals surface area contributed by atoms with Gasteiger partial charge in [-0.1, -0.05) is 18.2 Å². The molecule has 7 heteroatoms. The first-order valence-corrected chi connectivity index (χ1v) is 9.83. The third-order valence-electron chi connectivity index (χ3n) is 4.82. The molecule has 0 fully saturated rings. The van der Waals surface area contributed by atoms with Crippen molar-refractivity contribution in [3.8, 4) is 11.5 Å². The first-order valence-electron chi connectivity index (χ1n) is 9.83. The van der Waals surface area contributed by atoms with E-state index in [2.05, 4.69) is 5.32 Å². The maximum Gasteiger partial charge on any atom is 0.265 e. The number of anilines is 2. The summed E-state index contributed by atoms with van der Waals surface area (Å²) in [5.74, 6) is 0.138. The minimum Gasteiger partial charge on any atom is -0.492 e. The molecule has 2 amide bonds. The normalized spacial score (nSPS) is 12.7. The second-order valence-electron chi connectivity index (χ2n) is 7.15. The number of nitrogens with one attached hydrogen (secondary N) is 1. The molecule has 1 aliphatic rings. The number of hydrogen-bond donors (Lipinski definition) is 1. The van der Waals surface area contributed by atoms with Gasteiger partial charge in [-0.15, -0.1) is 0 Å². The van der Waals surface area contributed by atoms with Gasteiger partial charge in [-0.3, -0.25) is 9.59 Å².